The summed E-state index contributed by atoms with van der Waals surface area (Å²) in [6.45, 7) is 3.08. The van der Waals surface area contributed by atoms with Gasteiger partial charge in [-0.1, -0.05) is 24.3 Å². The lowest BCUT2D eigenvalue weighted by molar-refractivity contribution is -0.176. The number of halogens is 4. The Kier molecular flexibility index (Phi) is 14.1. The van der Waals surface area contributed by atoms with E-state index in [0.29, 0.717) is 30.6 Å². The molecule has 0 saturated carbocycles. The zero-order chi connectivity index (χ0) is 21.7. The molecule has 1 aromatic rings. The third kappa shape index (κ3) is 13.1. The van der Waals surface area contributed by atoms with Gasteiger partial charge in [0.1, 0.15) is 6.61 Å². The lowest BCUT2D eigenvalue weighted by Crippen LogP contribution is -2.37. The molecule has 0 radical (unpaired) electrons. The van der Waals surface area contributed by atoms with Crippen LogP contribution in [0.25, 0.3) is 0 Å². The summed E-state index contributed by atoms with van der Waals surface area (Å²) >= 11 is 0. The Labute approximate surface area is 199 Å². The second kappa shape index (κ2) is 15.7. The number of alkyl halides is 3. The lowest BCUT2D eigenvalue weighted by atomic mass is 10.0. The van der Waals surface area contributed by atoms with E-state index in [4.69, 9.17) is 14.2 Å². The number of hydrogen-bond acceptors (Lipinski definition) is 4. The highest BCUT2D eigenvalue weighted by atomic mass is 127. The third-order valence-corrected chi connectivity index (χ3v) is 4.66. The molecule has 2 rings (SSSR count). The summed E-state index contributed by atoms with van der Waals surface area (Å²) in [6, 6.07) is 7.26. The maximum absolute atomic E-state index is 12.2. The molecule has 1 aliphatic heterocycles. The number of ether oxygens (including phenoxy) is 3. The highest BCUT2D eigenvalue weighted by Gasteiger charge is 2.27. The molecule has 0 atom stereocenters. The second-order valence-electron chi connectivity index (χ2n) is 7.26. The van der Waals surface area contributed by atoms with Crippen LogP contribution < -0.4 is 10.6 Å². The van der Waals surface area contributed by atoms with Crippen molar-refractivity contribution in [3.63, 3.8) is 0 Å². The first kappa shape index (κ1) is 27.9. The van der Waals surface area contributed by atoms with Crippen LogP contribution in [0.5, 0.6) is 0 Å². The average molecular weight is 559 g/mol. The molecule has 178 valence electrons. The molecular formula is C21H33F3IN3O3. The van der Waals surface area contributed by atoms with Gasteiger partial charge in [-0.05, 0) is 36.3 Å². The highest BCUT2D eigenvalue weighted by Crippen LogP contribution is 2.16. The third-order valence-electron chi connectivity index (χ3n) is 4.66. The van der Waals surface area contributed by atoms with Crippen molar-refractivity contribution in [2.24, 2.45) is 10.9 Å². The van der Waals surface area contributed by atoms with Gasteiger partial charge in [-0.2, -0.15) is 13.2 Å². The Balaban J connectivity index is 0.00000480. The summed E-state index contributed by atoms with van der Waals surface area (Å²) in [5.41, 5.74) is 1.63. The SMILES string of the molecule is CN=C(NCCCOCC1CCOCC1)NCc1cccc(COCC(F)(F)F)c1.I. The molecule has 0 unspecified atom stereocenters. The van der Waals surface area contributed by atoms with Gasteiger partial charge in [0.15, 0.2) is 5.96 Å². The van der Waals surface area contributed by atoms with Crippen LogP contribution in [-0.4, -0.2) is 58.8 Å². The largest absolute Gasteiger partial charge is 0.411 e. The molecule has 0 bridgehead atoms. The van der Waals surface area contributed by atoms with Crippen molar-refractivity contribution in [1.29, 1.82) is 0 Å². The van der Waals surface area contributed by atoms with Crippen molar-refractivity contribution in [3.05, 3.63) is 35.4 Å². The molecule has 10 heteroatoms. The predicted octanol–water partition coefficient (Wildman–Crippen LogP) is 3.88. The van der Waals surface area contributed by atoms with Gasteiger partial charge in [0, 0.05) is 46.6 Å². The number of nitrogens with one attached hydrogen (secondary N) is 2. The van der Waals surface area contributed by atoms with Gasteiger partial charge < -0.3 is 24.8 Å². The Morgan fingerprint density at radius 3 is 2.61 bits per heavy atom. The molecule has 1 saturated heterocycles. The number of aliphatic imine (C=N–C) groups is 1. The first-order chi connectivity index (χ1) is 14.5. The van der Waals surface area contributed by atoms with Crippen LogP contribution in [0.2, 0.25) is 0 Å². The molecule has 0 amide bonds. The van der Waals surface area contributed by atoms with E-state index in [2.05, 4.69) is 15.6 Å². The van der Waals surface area contributed by atoms with Crippen LogP contribution >= 0.6 is 24.0 Å². The molecule has 0 aliphatic carbocycles. The lowest BCUT2D eigenvalue weighted by Gasteiger charge is -2.21. The predicted molar refractivity (Wildman–Crippen MR) is 125 cm³/mol. The second-order valence-corrected chi connectivity index (χ2v) is 7.26. The van der Waals surface area contributed by atoms with Crippen LogP contribution in [0.15, 0.2) is 29.3 Å². The maximum atomic E-state index is 12.2. The van der Waals surface area contributed by atoms with Crippen LogP contribution in [0.4, 0.5) is 13.2 Å². The minimum Gasteiger partial charge on any atom is -0.381 e. The summed E-state index contributed by atoms with van der Waals surface area (Å²) in [7, 11) is 1.69. The monoisotopic (exact) mass is 559 g/mol. The quantitative estimate of drug-likeness (QED) is 0.187. The average Bonchev–Trinajstić information content (AvgIpc) is 2.73. The molecule has 0 spiro atoms. The topological polar surface area (TPSA) is 64.1 Å². The molecule has 0 aromatic heterocycles. The summed E-state index contributed by atoms with van der Waals surface area (Å²) in [4.78, 5) is 4.18. The zero-order valence-corrected chi connectivity index (χ0v) is 20.2. The molecule has 1 fully saturated rings. The number of nitrogens with zero attached hydrogens (tertiary/aromatic N) is 1. The summed E-state index contributed by atoms with van der Waals surface area (Å²) < 4.78 is 52.3. The van der Waals surface area contributed by atoms with Gasteiger partial charge in [0.2, 0.25) is 0 Å². The Morgan fingerprint density at radius 2 is 1.90 bits per heavy atom. The van der Waals surface area contributed by atoms with E-state index in [1.165, 1.54) is 0 Å². The summed E-state index contributed by atoms with van der Waals surface area (Å²) in [5, 5.41) is 6.43. The van der Waals surface area contributed by atoms with Gasteiger partial charge in [-0.25, -0.2) is 0 Å². The van der Waals surface area contributed by atoms with Crippen molar-refractivity contribution >= 4 is 29.9 Å². The van der Waals surface area contributed by atoms with E-state index in [1.807, 2.05) is 12.1 Å². The Morgan fingerprint density at radius 1 is 1.16 bits per heavy atom. The van der Waals surface area contributed by atoms with Gasteiger partial charge in [-0.15, -0.1) is 24.0 Å². The molecule has 31 heavy (non-hydrogen) atoms. The fourth-order valence-corrected chi connectivity index (χ4v) is 3.06. The molecule has 1 aromatic carbocycles. The van der Waals surface area contributed by atoms with Crippen LogP contribution in [0, 0.1) is 5.92 Å². The van der Waals surface area contributed by atoms with Gasteiger partial charge in [-0.3, -0.25) is 4.99 Å². The van der Waals surface area contributed by atoms with Crippen molar-refractivity contribution in [1.82, 2.24) is 10.6 Å². The van der Waals surface area contributed by atoms with Crippen LogP contribution in [0.3, 0.4) is 0 Å². The van der Waals surface area contributed by atoms with Crippen LogP contribution in [-0.2, 0) is 27.4 Å². The fraction of sp³-hybridized carbons (Fsp3) is 0.667. The zero-order valence-electron chi connectivity index (χ0n) is 17.9. The number of benzene rings is 1. The minimum atomic E-state index is -4.31. The van der Waals surface area contributed by atoms with E-state index < -0.39 is 12.8 Å². The van der Waals surface area contributed by atoms with Gasteiger partial charge in [0.05, 0.1) is 6.61 Å². The van der Waals surface area contributed by atoms with E-state index >= 15 is 0 Å². The summed E-state index contributed by atoms with van der Waals surface area (Å²) in [5.74, 6) is 1.27. The molecule has 2 N–H and O–H groups in total. The first-order valence-electron chi connectivity index (χ1n) is 10.3. The van der Waals surface area contributed by atoms with Crippen molar-refractivity contribution in [3.8, 4) is 0 Å². The van der Waals surface area contributed by atoms with Crippen molar-refractivity contribution in [2.45, 2.75) is 38.6 Å². The van der Waals surface area contributed by atoms with E-state index in [0.717, 1.165) is 51.2 Å². The van der Waals surface area contributed by atoms with Crippen molar-refractivity contribution in [2.75, 3.05) is 46.6 Å². The smallest absolute Gasteiger partial charge is 0.381 e. The number of hydrogen-bond donors (Lipinski definition) is 2. The molecule has 6 nitrogen and oxygen atoms in total. The highest BCUT2D eigenvalue weighted by molar-refractivity contribution is 14.0. The molecule has 1 heterocycles. The van der Waals surface area contributed by atoms with Crippen LogP contribution in [0.1, 0.15) is 30.4 Å². The Bertz CT molecular complexity index is 642. The number of guanidine groups is 1. The van der Waals surface area contributed by atoms with E-state index in [-0.39, 0.29) is 30.6 Å². The summed E-state index contributed by atoms with van der Waals surface area (Å²) in [6.07, 6.45) is -1.29. The fourth-order valence-electron chi connectivity index (χ4n) is 3.06. The van der Waals surface area contributed by atoms with Crippen molar-refractivity contribution < 1.29 is 27.4 Å². The normalized spacial score (nSPS) is 15.4. The number of rotatable bonds is 11. The van der Waals surface area contributed by atoms with Gasteiger partial charge >= 0.3 is 6.18 Å². The first-order valence-corrected chi connectivity index (χ1v) is 10.3. The molecule has 1 aliphatic rings. The standard InChI is InChI=1S/C21H32F3N3O3.HI/c1-25-20(26-8-3-9-29-14-17-6-10-28-11-7-17)27-13-18-4-2-5-19(12-18)15-30-16-21(22,23)24;/h2,4-5,12,17H,3,6-11,13-16H2,1H3,(H2,25,26,27);1H. The Hall–Kier alpha value is -1.11. The minimum absolute atomic E-state index is 0. The maximum Gasteiger partial charge on any atom is 0.411 e. The van der Waals surface area contributed by atoms with E-state index in [1.54, 1.807) is 19.2 Å². The van der Waals surface area contributed by atoms with E-state index in [9.17, 15) is 13.2 Å². The molecular weight excluding hydrogens is 526 g/mol. The van der Waals surface area contributed by atoms with Gasteiger partial charge in [0.25, 0.3) is 0 Å².